The maximum atomic E-state index is 13.4. The number of nitrogens with zero attached hydrogens (tertiary/aromatic N) is 1. The Kier molecular flexibility index (Phi) is 5.56. The largest absolute Gasteiger partial charge is 0.406 e. The monoisotopic (exact) mass is 355 g/mol. The van der Waals surface area contributed by atoms with E-state index in [4.69, 9.17) is 0 Å². The molecule has 1 aromatic carbocycles. The molecule has 0 aliphatic rings. The Balaban J connectivity index is 3.06. The molecule has 1 amide bonds. The molecule has 0 N–H and O–H groups in total. The second-order valence-corrected chi connectivity index (χ2v) is 5.59. The van der Waals surface area contributed by atoms with Gasteiger partial charge in [0.2, 0.25) is 0 Å². The van der Waals surface area contributed by atoms with Gasteiger partial charge in [-0.1, -0.05) is 19.9 Å². The second kappa shape index (κ2) is 6.56. The van der Waals surface area contributed by atoms with Crippen LogP contribution in [0, 0.1) is 11.7 Å². The van der Waals surface area contributed by atoms with Gasteiger partial charge in [0.05, 0.1) is 10.0 Å². The van der Waals surface area contributed by atoms with E-state index in [-0.39, 0.29) is 22.5 Å². The number of carbonyl (C=O) groups is 1. The first-order valence-electron chi connectivity index (χ1n) is 5.92. The van der Waals surface area contributed by atoms with Gasteiger partial charge in [-0.25, -0.2) is 4.39 Å². The van der Waals surface area contributed by atoms with E-state index < -0.39 is 24.4 Å². The molecule has 1 rings (SSSR count). The van der Waals surface area contributed by atoms with Crippen LogP contribution >= 0.6 is 15.9 Å². The van der Waals surface area contributed by atoms with Crippen molar-refractivity contribution in [3.05, 3.63) is 34.1 Å². The zero-order valence-corrected chi connectivity index (χ0v) is 12.6. The summed E-state index contributed by atoms with van der Waals surface area (Å²) >= 11 is 2.89. The summed E-state index contributed by atoms with van der Waals surface area (Å²) in [5.41, 5.74) is -0.116. The van der Waals surface area contributed by atoms with Crippen LogP contribution in [0.4, 0.5) is 17.6 Å². The molecule has 2 nitrogen and oxygen atoms in total. The molecular formula is C13H14BrF4NO. The Hall–Kier alpha value is -1.11. The Morgan fingerprint density at radius 1 is 1.35 bits per heavy atom. The molecule has 0 unspecified atom stereocenters. The molecule has 0 aliphatic carbocycles. The minimum Gasteiger partial charge on any atom is -0.329 e. The minimum absolute atomic E-state index is 0.0543. The molecule has 112 valence electrons. The van der Waals surface area contributed by atoms with Crippen molar-refractivity contribution in [1.82, 2.24) is 4.90 Å². The van der Waals surface area contributed by atoms with Gasteiger partial charge >= 0.3 is 6.18 Å². The number of hydrogen-bond acceptors (Lipinski definition) is 1. The lowest BCUT2D eigenvalue weighted by Gasteiger charge is -2.26. The minimum atomic E-state index is -4.50. The van der Waals surface area contributed by atoms with Crippen molar-refractivity contribution in [2.24, 2.45) is 5.92 Å². The lowest BCUT2D eigenvalue weighted by molar-refractivity contribution is -0.141. The first kappa shape index (κ1) is 16.9. The fourth-order valence-electron chi connectivity index (χ4n) is 1.72. The van der Waals surface area contributed by atoms with Gasteiger partial charge in [-0.15, -0.1) is 0 Å². The average molecular weight is 356 g/mol. The fraction of sp³-hybridized carbons (Fsp3) is 0.462. The number of alkyl halides is 3. The van der Waals surface area contributed by atoms with Crippen LogP contribution < -0.4 is 0 Å². The number of benzene rings is 1. The summed E-state index contributed by atoms with van der Waals surface area (Å²) in [5.74, 6) is -1.66. The number of amides is 1. The predicted octanol–water partition coefficient (Wildman–Crippen LogP) is 4.25. The van der Waals surface area contributed by atoms with Gasteiger partial charge in [0.1, 0.15) is 12.4 Å². The van der Waals surface area contributed by atoms with Crippen molar-refractivity contribution < 1.29 is 22.4 Å². The van der Waals surface area contributed by atoms with Crippen LogP contribution in [-0.2, 0) is 0 Å². The molecule has 20 heavy (non-hydrogen) atoms. The van der Waals surface area contributed by atoms with Crippen molar-refractivity contribution in [3.8, 4) is 0 Å². The van der Waals surface area contributed by atoms with Gasteiger partial charge in [0.15, 0.2) is 0 Å². The Morgan fingerprint density at radius 3 is 2.45 bits per heavy atom. The first-order chi connectivity index (χ1) is 9.11. The van der Waals surface area contributed by atoms with Crippen LogP contribution in [0.5, 0.6) is 0 Å². The smallest absolute Gasteiger partial charge is 0.329 e. The summed E-state index contributed by atoms with van der Waals surface area (Å²) in [6.07, 6.45) is -4.50. The summed E-state index contributed by atoms with van der Waals surface area (Å²) in [6, 6.07) is 3.70. The Labute approximate surface area is 122 Å². The number of halogens is 5. The lowest BCUT2D eigenvalue weighted by Crippen LogP contribution is -2.41. The Bertz CT molecular complexity index is 488. The molecule has 0 heterocycles. The van der Waals surface area contributed by atoms with E-state index in [1.54, 1.807) is 13.8 Å². The SMILES string of the molecule is CC(C)CN(CC(F)(F)F)C(=O)c1cccc(F)c1Br. The maximum Gasteiger partial charge on any atom is 0.406 e. The Morgan fingerprint density at radius 2 is 1.95 bits per heavy atom. The molecule has 0 bridgehead atoms. The number of carbonyl (C=O) groups excluding carboxylic acids is 1. The van der Waals surface area contributed by atoms with Gasteiger partial charge in [-0.05, 0) is 34.0 Å². The number of rotatable bonds is 4. The third-order valence-electron chi connectivity index (χ3n) is 2.42. The molecule has 0 fully saturated rings. The van der Waals surface area contributed by atoms with E-state index in [0.29, 0.717) is 4.90 Å². The molecule has 7 heteroatoms. The van der Waals surface area contributed by atoms with Crippen molar-refractivity contribution >= 4 is 21.8 Å². The van der Waals surface area contributed by atoms with E-state index in [0.717, 1.165) is 6.07 Å². The van der Waals surface area contributed by atoms with Crippen molar-refractivity contribution in [3.63, 3.8) is 0 Å². The van der Waals surface area contributed by atoms with E-state index in [2.05, 4.69) is 15.9 Å². The van der Waals surface area contributed by atoms with Crippen LogP contribution in [0.1, 0.15) is 24.2 Å². The molecule has 0 spiro atoms. The van der Waals surface area contributed by atoms with E-state index in [1.807, 2.05) is 0 Å². The first-order valence-corrected chi connectivity index (χ1v) is 6.71. The summed E-state index contributed by atoms with van der Waals surface area (Å²) in [6.45, 7) is 2.00. The van der Waals surface area contributed by atoms with Crippen molar-refractivity contribution in [2.75, 3.05) is 13.1 Å². The highest BCUT2D eigenvalue weighted by Gasteiger charge is 2.34. The third kappa shape index (κ3) is 4.77. The summed E-state index contributed by atoms with van der Waals surface area (Å²) < 4.78 is 50.8. The lowest BCUT2D eigenvalue weighted by atomic mass is 10.1. The summed E-state index contributed by atoms with van der Waals surface area (Å²) in [7, 11) is 0. The van der Waals surface area contributed by atoms with E-state index in [9.17, 15) is 22.4 Å². The fourth-order valence-corrected chi connectivity index (χ4v) is 2.15. The van der Waals surface area contributed by atoms with Crippen LogP contribution in [0.3, 0.4) is 0 Å². The van der Waals surface area contributed by atoms with Gasteiger partial charge < -0.3 is 4.90 Å². The highest BCUT2D eigenvalue weighted by atomic mass is 79.9. The molecule has 0 atom stereocenters. The maximum absolute atomic E-state index is 13.4. The second-order valence-electron chi connectivity index (χ2n) is 4.80. The third-order valence-corrected chi connectivity index (χ3v) is 3.23. The zero-order chi connectivity index (χ0) is 15.5. The molecule has 1 aromatic rings. The van der Waals surface area contributed by atoms with Crippen molar-refractivity contribution in [2.45, 2.75) is 20.0 Å². The predicted molar refractivity (Wildman–Crippen MR) is 70.9 cm³/mol. The molecule has 0 saturated heterocycles. The zero-order valence-electron chi connectivity index (χ0n) is 11.0. The number of hydrogen-bond donors (Lipinski definition) is 0. The van der Waals surface area contributed by atoms with E-state index >= 15 is 0 Å². The molecular weight excluding hydrogens is 342 g/mol. The molecule has 0 radical (unpaired) electrons. The molecule has 0 aromatic heterocycles. The van der Waals surface area contributed by atoms with Crippen LogP contribution in [0.2, 0.25) is 0 Å². The quantitative estimate of drug-likeness (QED) is 0.739. The van der Waals surface area contributed by atoms with Crippen LogP contribution in [0.15, 0.2) is 22.7 Å². The van der Waals surface area contributed by atoms with Gasteiger partial charge in [-0.2, -0.15) is 13.2 Å². The van der Waals surface area contributed by atoms with Gasteiger partial charge in [0.25, 0.3) is 5.91 Å². The highest BCUT2D eigenvalue weighted by Crippen LogP contribution is 2.24. The molecule has 0 aliphatic heterocycles. The summed E-state index contributed by atoms with van der Waals surface area (Å²) in [4.78, 5) is 12.8. The normalized spacial score (nSPS) is 11.8. The standard InChI is InChI=1S/C13H14BrF4NO/c1-8(2)6-19(7-13(16,17)18)12(20)9-4-3-5-10(15)11(9)14/h3-5,8H,6-7H2,1-2H3. The van der Waals surface area contributed by atoms with Gasteiger partial charge in [-0.3, -0.25) is 4.79 Å². The van der Waals surface area contributed by atoms with Crippen LogP contribution in [-0.4, -0.2) is 30.1 Å². The van der Waals surface area contributed by atoms with E-state index in [1.165, 1.54) is 12.1 Å². The topological polar surface area (TPSA) is 20.3 Å². The van der Waals surface area contributed by atoms with Gasteiger partial charge in [0, 0.05) is 6.54 Å². The highest BCUT2D eigenvalue weighted by molar-refractivity contribution is 9.10. The average Bonchev–Trinajstić information content (AvgIpc) is 2.28. The molecule has 0 saturated carbocycles. The van der Waals surface area contributed by atoms with Crippen molar-refractivity contribution in [1.29, 1.82) is 0 Å². The van der Waals surface area contributed by atoms with Crippen LogP contribution in [0.25, 0.3) is 0 Å². The summed E-state index contributed by atoms with van der Waals surface area (Å²) in [5, 5.41) is 0.